The van der Waals surface area contributed by atoms with E-state index in [0.29, 0.717) is 54.6 Å². The highest BCUT2D eigenvalue weighted by Crippen LogP contribution is 2.48. The summed E-state index contributed by atoms with van der Waals surface area (Å²) in [5.74, 6) is -6.16. The number of hydrogen-bond acceptors (Lipinski definition) is 15. The number of aliphatic hydroxyl groups is 1. The number of hydrogen-bond donors (Lipinski definition) is 3. The van der Waals surface area contributed by atoms with E-state index in [1.165, 1.54) is 0 Å². The molecule has 496 valence electrons. The molecule has 14 rings (SSSR count). The van der Waals surface area contributed by atoms with Crippen molar-refractivity contribution in [3.05, 3.63) is 180 Å². The van der Waals surface area contributed by atoms with Gasteiger partial charge >= 0.3 is 17.9 Å². The number of amides is 8. The number of carbonyl (C=O) groups is 11. The summed E-state index contributed by atoms with van der Waals surface area (Å²) in [5, 5.41) is 24.4. The molecule has 4 aliphatic rings. The molecule has 19 heteroatoms. The van der Waals surface area contributed by atoms with Crippen molar-refractivity contribution in [1.29, 1.82) is 0 Å². The molecule has 4 heterocycles. The maximum atomic E-state index is 13.4. The number of nitrogens with one attached hydrogen (secondary N) is 2. The van der Waals surface area contributed by atoms with E-state index in [9.17, 15) is 52.7 Å². The van der Waals surface area contributed by atoms with Gasteiger partial charge in [0, 0.05) is 84.3 Å². The molecule has 0 fully saturated rings. The average Bonchev–Trinajstić information content (AvgIpc) is 0.702. The molecular weight excluding hydrogens is 1210 g/mol. The first kappa shape index (κ1) is 76.4. The molecule has 4 aliphatic heterocycles. The van der Waals surface area contributed by atoms with E-state index >= 15 is 0 Å². The molecule has 10 aromatic rings. The van der Waals surface area contributed by atoms with Crippen LogP contribution in [0.5, 0.6) is 0 Å². The Balaban J connectivity index is 0.000000316. The molecule has 0 saturated heterocycles. The number of benzene rings is 10. The Morgan fingerprint density at radius 3 is 0.674 bits per heavy atom. The molecule has 8 amide bonds. The topological polar surface area (TPSA) is 266 Å². The number of nitrogens with zero attached hydrogens (tertiary/aromatic N) is 2. The van der Waals surface area contributed by atoms with Gasteiger partial charge in [-0.25, -0.2) is 24.2 Å². The highest BCUT2D eigenvalue weighted by molar-refractivity contribution is 6.43. The van der Waals surface area contributed by atoms with E-state index in [1.54, 1.807) is 72.8 Å². The summed E-state index contributed by atoms with van der Waals surface area (Å²) in [6.45, 7) is 40.1. The first-order valence-corrected chi connectivity index (χ1v) is 31.9. The number of fused-ring (bicyclic) bond motifs is 4. The Kier molecular flexibility index (Phi) is 27.8. The molecule has 0 radical (unpaired) electrons. The molecule has 3 N–H and O–H groups in total. The molecular formula is C76H82N4O15. The molecule has 10 aromatic carbocycles. The van der Waals surface area contributed by atoms with Gasteiger partial charge in [-0.1, -0.05) is 179 Å². The van der Waals surface area contributed by atoms with Crippen LogP contribution < -0.4 is 10.6 Å². The zero-order valence-corrected chi connectivity index (χ0v) is 56.8. The Hall–Kier alpha value is -11.1. The molecule has 0 atom stereocenters. The number of imide groups is 4. The van der Waals surface area contributed by atoms with Crippen molar-refractivity contribution < 1.29 is 72.1 Å². The summed E-state index contributed by atoms with van der Waals surface area (Å²) in [5.41, 5.74) is 2.99. The number of esters is 3. The maximum absolute atomic E-state index is 13.4. The van der Waals surface area contributed by atoms with Gasteiger partial charge in [0.25, 0.3) is 47.3 Å². The van der Waals surface area contributed by atoms with E-state index in [1.807, 2.05) is 135 Å². The van der Waals surface area contributed by atoms with Crippen LogP contribution in [-0.2, 0) is 28.6 Å². The second kappa shape index (κ2) is 34.6. The van der Waals surface area contributed by atoms with Gasteiger partial charge in [0.1, 0.15) is 0 Å². The SMILES string of the molecule is C=CC(=O)OCN1C(=O)c2ccc3c4ccc5c6c(ccc(c7ccc(c2c37)C1=O)c64)C(=O)N(COC(=O)C=C)C5=O.C=CC(=O)OCO.CC.CC.CC.CC.CC.CC.CC.CC.O=C1NC(=O)c2ccc3c4ccc5c6c(ccc(c7ccc1c2c73)c64)C(=O)NC5=O. The van der Waals surface area contributed by atoms with Gasteiger partial charge in [-0.3, -0.25) is 49.0 Å². The summed E-state index contributed by atoms with van der Waals surface area (Å²) in [7, 11) is 0. The van der Waals surface area contributed by atoms with Crippen molar-refractivity contribution in [3.63, 3.8) is 0 Å². The third kappa shape index (κ3) is 13.6. The van der Waals surface area contributed by atoms with Crippen molar-refractivity contribution in [2.75, 3.05) is 20.3 Å². The van der Waals surface area contributed by atoms with Gasteiger partial charge in [-0.2, -0.15) is 0 Å². The van der Waals surface area contributed by atoms with Crippen molar-refractivity contribution in [2.24, 2.45) is 0 Å². The molecule has 0 aliphatic carbocycles. The van der Waals surface area contributed by atoms with E-state index in [-0.39, 0.29) is 22.3 Å². The van der Waals surface area contributed by atoms with Crippen LogP contribution in [0.25, 0.3) is 86.2 Å². The van der Waals surface area contributed by atoms with E-state index < -0.39 is 85.4 Å². The third-order valence-corrected chi connectivity index (χ3v) is 14.5. The monoisotopic (exact) mass is 1290 g/mol. The second-order valence-corrected chi connectivity index (χ2v) is 18.3. The number of aliphatic hydroxyl groups excluding tert-OH is 1. The molecule has 19 nitrogen and oxygen atoms in total. The van der Waals surface area contributed by atoms with Crippen molar-refractivity contribution >= 4 is 151 Å². The van der Waals surface area contributed by atoms with Crippen molar-refractivity contribution in [3.8, 4) is 0 Å². The summed E-state index contributed by atoms with van der Waals surface area (Å²) < 4.78 is 14.0. The fraction of sp³-hybridized carbons (Fsp3) is 0.250. The lowest BCUT2D eigenvalue weighted by Crippen LogP contribution is -2.42. The lowest BCUT2D eigenvalue weighted by molar-refractivity contribution is -0.145. The third-order valence-electron chi connectivity index (χ3n) is 14.5. The Labute approximate surface area is 552 Å². The summed E-state index contributed by atoms with van der Waals surface area (Å²) in [4.78, 5) is 138. The first-order chi connectivity index (χ1) is 46.1. The predicted molar refractivity (Wildman–Crippen MR) is 376 cm³/mol. The van der Waals surface area contributed by atoms with Gasteiger partial charge in [-0.15, -0.1) is 0 Å². The fourth-order valence-corrected chi connectivity index (χ4v) is 11.2. The minimum atomic E-state index is -0.763. The Morgan fingerprint density at radius 1 is 0.316 bits per heavy atom. The molecule has 0 bridgehead atoms. The van der Waals surface area contributed by atoms with Crippen LogP contribution >= 0.6 is 0 Å². The molecule has 0 unspecified atom stereocenters. The zero-order valence-electron chi connectivity index (χ0n) is 56.8. The van der Waals surface area contributed by atoms with Crippen LogP contribution in [0.2, 0.25) is 0 Å². The van der Waals surface area contributed by atoms with Crippen LogP contribution in [0.15, 0.2) is 135 Å². The summed E-state index contributed by atoms with van der Waals surface area (Å²) >= 11 is 0. The first-order valence-electron chi connectivity index (χ1n) is 31.9. The van der Waals surface area contributed by atoms with Crippen molar-refractivity contribution in [1.82, 2.24) is 20.4 Å². The largest absolute Gasteiger partial charge is 0.441 e. The van der Waals surface area contributed by atoms with Gasteiger partial charge in [0.15, 0.2) is 20.3 Å². The van der Waals surface area contributed by atoms with Crippen LogP contribution in [0.4, 0.5) is 0 Å². The van der Waals surface area contributed by atoms with Gasteiger partial charge in [-0.05, 0) is 113 Å². The highest BCUT2D eigenvalue weighted by atomic mass is 16.6. The van der Waals surface area contributed by atoms with Gasteiger partial charge in [0.05, 0.1) is 0 Å². The quantitative estimate of drug-likeness (QED) is 0.0243. The minimum absolute atomic E-state index is 0.281. The predicted octanol–water partition coefficient (Wildman–Crippen LogP) is 15.7. The molecule has 0 saturated carbocycles. The number of carbonyl (C=O) groups excluding carboxylic acids is 11. The van der Waals surface area contributed by atoms with Crippen LogP contribution in [0, 0.1) is 0 Å². The van der Waals surface area contributed by atoms with Crippen molar-refractivity contribution in [2.45, 2.75) is 111 Å². The van der Waals surface area contributed by atoms with Crippen LogP contribution in [0.1, 0.15) is 194 Å². The summed E-state index contributed by atoms with van der Waals surface area (Å²) in [6.07, 6.45) is 2.88. The van der Waals surface area contributed by atoms with E-state index in [4.69, 9.17) is 14.6 Å². The van der Waals surface area contributed by atoms with E-state index in [0.717, 1.165) is 81.9 Å². The Bertz CT molecular complexity index is 4140. The lowest BCUT2D eigenvalue weighted by Gasteiger charge is -2.29. The standard InChI is InChI=1S/C32H18N2O8.C24H10N2O4.C4H6O3.8C2H6/c1-3-23(35)41-13-33-29(37)19-9-5-15-17-7-11-21-28-22(32(40)34(31(21)39)14-42-24(36)4-2)12-8-18(26(17)28)16-6-10-20(30(33)38)27(19)25(15)16;27-21-13-5-1-9-10-2-6-15-20-16(24(30)26-23(15)29)8-4-12(18(10)20)11-3-7-14(22(28)25-21)19(13)17(9)11;1-2-4(6)7-3-5;8*1-2/h3-12H,1-2,13-14H2;1-8H,(H,25,27,28)(H,26,29,30);2,5H,1,3H2;8*1-2H3. The maximum Gasteiger partial charge on any atom is 0.332 e. The number of ether oxygens (including phenoxy) is 3. The van der Waals surface area contributed by atoms with Gasteiger partial charge < -0.3 is 19.3 Å². The zero-order chi connectivity index (χ0) is 71.5. The lowest BCUT2D eigenvalue weighted by atomic mass is 9.82. The normalized spacial score (nSPS) is 12.3. The van der Waals surface area contributed by atoms with Gasteiger partial charge in [0.2, 0.25) is 0 Å². The summed E-state index contributed by atoms with van der Waals surface area (Å²) in [6, 6.07) is 28.0. The second-order valence-electron chi connectivity index (χ2n) is 18.3. The molecule has 0 spiro atoms. The minimum Gasteiger partial charge on any atom is -0.441 e. The highest BCUT2D eigenvalue weighted by Gasteiger charge is 2.38. The smallest absolute Gasteiger partial charge is 0.332 e. The number of rotatable bonds is 8. The van der Waals surface area contributed by atoms with Crippen LogP contribution in [0.3, 0.4) is 0 Å². The Morgan fingerprint density at radius 2 is 0.495 bits per heavy atom. The molecule has 0 aromatic heterocycles. The van der Waals surface area contributed by atoms with Crippen LogP contribution in [-0.4, -0.2) is 100 Å². The molecule has 95 heavy (non-hydrogen) atoms. The average molecular weight is 1290 g/mol. The fourth-order valence-electron chi connectivity index (χ4n) is 11.2. The van der Waals surface area contributed by atoms with E-state index in [2.05, 4.69) is 35.1 Å².